The fourth-order valence-electron chi connectivity index (χ4n) is 3.81. The van der Waals surface area contributed by atoms with Crippen molar-refractivity contribution in [2.75, 3.05) is 0 Å². The number of nitrogens with one attached hydrogen (secondary N) is 2. The molecule has 4 aromatic rings. The van der Waals surface area contributed by atoms with E-state index >= 15 is 0 Å². The predicted octanol–water partition coefficient (Wildman–Crippen LogP) is 7.65. The number of aromatic nitrogens is 1. The summed E-state index contributed by atoms with van der Waals surface area (Å²) in [4.78, 5) is 3.58. The molecule has 0 fully saturated rings. The minimum absolute atomic E-state index is 0.506. The lowest BCUT2D eigenvalue weighted by Gasteiger charge is -2.27. The molecule has 0 aliphatic carbocycles. The Morgan fingerprint density at radius 3 is 2.10 bits per heavy atom. The highest BCUT2D eigenvalue weighted by Gasteiger charge is 2.37. The number of H-pyrrole nitrogens is 1. The van der Waals surface area contributed by atoms with E-state index in [9.17, 15) is 0 Å². The van der Waals surface area contributed by atoms with Crippen LogP contribution < -0.4 is 5.32 Å². The molecule has 0 bridgehead atoms. The van der Waals surface area contributed by atoms with E-state index in [2.05, 4.69) is 60.5 Å². The molecule has 1 heterocycles. The first kappa shape index (κ1) is 21.3. The van der Waals surface area contributed by atoms with E-state index in [-0.39, 0.29) is 0 Å². The van der Waals surface area contributed by atoms with Crippen LogP contribution in [0.25, 0.3) is 22.2 Å². The van der Waals surface area contributed by atoms with Crippen molar-refractivity contribution in [3.05, 3.63) is 95.1 Å². The highest BCUT2D eigenvalue weighted by atomic mass is 35.6. The number of hydrogen-bond acceptors (Lipinski definition) is 1. The zero-order valence-corrected chi connectivity index (χ0v) is 19.1. The van der Waals surface area contributed by atoms with Crippen molar-refractivity contribution >= 4 is 45.7 Å². The van der Waals surface area contributed by atoms with E-state index in [1.165, 1.54) is 11.1 Å². The van der Waals surface area contributed by atoms with Crippen LogP contribution in [0, 0.1) is 13.8 Å². The molecule has 0 radical (unpaired) electrons. The fraction of sp³-hybridized carbons (Fsp3) is 0.200. The summed E-state index contributed by atoms with van der Waals surface area (Å²) in [6.07, 6.45) is 0. The fourth-order valence-corrected chi connectivity index (χ4v) is 4.37. The summed E-state index contributed by atoms with van der Waals surface area (Å²) in [7, 11) is 0. The van der Waals surface area contributed by atoms with Crippen molar-refractivity contribution in [1.29, 1.82) is 0 Å². The van der Waals surface area contributed by atoms with Crippen LogP contribution in [0.5, 0.6) is 0 Å². The third-order valence-electron chi connectivity index (χ3n) is 5.48. The molecule has 5 heteroatoms. The molecule has 0 aliphatic heterocycles. The largest absolute Gasteiger partial charge is 0.354 e. The highest BCUT2D eigenvalue weighted by molar-refractivity contribution is 6.68. The summed E-state index contributed by atoms with van der Waals surface area (Å²) < 4.78 is -1.54. The van der Waals surface area contributed by atoms with Gasteiger partial charge < -0.3 is 10.3 Å². The molecule has 0 spiro atoms. The third kappa shape index (κ3) is 4.38. The van der Waals surface area contributed by atoms with Gasteiger partial charge in [-0.3, -0.25) is 0 Å². The minimum Gasteiger partial charge on any atom is -0.354 e. The smallest absolute Gasteiger partial charge is 0.209 e. The van der Waals surface area contributed by atoms with Gasteiger partial charge in [0, 0.05) is 23.0 Å². The van der Waals surface area contributed by atoms with Gasteiger partial charge in [0.25, 0.3) is 0 Å². The van der Waals surface area contributed by atoms with Crippen LogP contribution in [-0.2, 0) is 6.54 Å². The van der Waals surface area contributed by atoms with Crippen LogP contribution in [0.1, 0.15) is 28.3 Å². The Hall–Kier alpha value is -1.97. The SMILES string of the molecule is Cc1cc2[nH]c(-c3ccccc3)c(C(NCc3ccccc3)C(Cl)(Cl)Cl)c2cc1C. The molecule has 154 valence electrons. The van der Waals surface area contributed by atoms with Gasteiger partial charge in [-0.1, -0.05) is 95.5 Å². The zero-order chi connectivity index (χ0) is 21.3. The second-order valence-corrected chi connectivity index (χ2v) is 9.97. The van der Waals surface area contributed by atoms with Crippen LogP contribution in [0.15, 0.2) is 72.8 Å². The monoisotopic (exact) mass is 456 g/mol. The molecular formula is C25H23Cl3N2. The molecule has 1 unspecified atom stereocenters. The third-order valence-corrected chi connectivity index (χ3v) is 6.14. The molecule has 0 aliphatic rings. The second kappa shape index (κ2) is 8.64. The molecular weight excluding hydrogens is 435 g/mol. The van der Waals surface area contributed by atoms with Gasteiger partial charge in [-0.05, 0) is 48.2 Å². The number of alkyl halides is 3. The van der Waals surface area contributed by atoms with E-state index in [1.807, 2.05) is 36.4 Å². The summed E-state index contributed by atoms with van der Waals surface area (Å²) in [5, 5.41) is 4.56. The summed E-state index contributed by atoms with van der Waals surface area (Å²) in [6.45, 7) is 4.80. The zero-order valence-electron chi connectivity index (χ0n) is 16.8. The maximum Gasteiger partial charge on any atom is 0.209 e. The topological polar surface area (TPSA) is 27.8 Å². The van der Waals surface area contributed by atoms with Crippen molar-refractivity contribution in [1.82, 2.24) is 10.3 Å². The van der Waals surface area contributed by atoms with Gasteiger partial charge >= 0.3 is 0 Å². The highest BCUT2D eigenvalue weighted by Crippen LogP contribution is 2.46. The molecule has 2 N–H and O–H groups in total. The molecule has 0 saturated carbocycles. The average molecular weight is 458 g/mol. The number of aryl methyl sites for hydroxylation is 2. The van der Waals surface area contributed by atoms with E-state index in [4.69, 9.17) is 34.8 Å². The molecule has 1 aromatic heterocycles. The molecule has 4 rings (SSSR count). The Morgan fingerprint density at radius 1 is 0.867 bits per heavy atom. The van der Waals surface area contributed by atoms with Crippen LogP contribution in [0.4, 0.5) is 0 Å². The Labute approximate surface area is 192 Å². The minimum atomic E-state index is -1.54. The first-order chi connectivity index (χ1) is 14.3. The number of fused-ring (bicyclic) bond motifs is 1. The predicted molar refractivity (Wildman–Crippen MR) is 130 cm³/mol. The number of rotatable bonds is 5. The van der Waals surface area contributed by atoms with Crippen molar-refractivity contribution in [3.8, 4) is 11.3 Å². The average Bonchev–Trinajstić information content (AvgIpc) is 3.07. The van der Waals surface area contributed by atoms with Crippen LogP contribution in [0.2, 0.25) is 0 Å². The van der Waals surface area contributed by atoms with E-state index in [1.54, 1.807) is 0 Å². The molecule has 0 saturated heterocycles. The number of hydrogen-bond donors (Lipinski definition) is 2. The van der Waals surface area contributed by atoms with Gasteiger partial charge in [0.05, 0.1) is 11.7 Å². The van der Waals surface area contributed by atoms with Crippen molar-refractivity contribution in [2.45, 2.75) is 30.2 Å². The van der Waals surface area contributed by atoms with Gasteiger partial charge in [0.15, 0.2) is 0 Å². The first-order valence-corrected chi connectivity index (χ1v) is 11.0. The van der Waals surface area contributed by atoms with Gasteiger partial charge in [-0.25, -0.2) is 0 Å². The van der Waals surface area contributed by atoms with Gasteiger partial charge in [0.1, 0.15) is 0 Å². The quantitative estimate of drug-likeness (QED) is 0.296. The summed E-state index contributed by atoms with van der Waals surface area (Å²) >= 11 is 19.6. The van der Waals surface area contributed by atoms with Gasteiger partial charge in [-0.15, -0.1) is 0 Å². The Kier molecular flexibility index (Phi) is 6.13. The molecule has 0 amide bonds. The van der Waals surface area contributed by atoms with Crippen LogP contribution in [-0.4, -0.2) is 8.78 Å². The van der Waals surface area contributed by atoms with E-state index in [0.717, 1.165) is 33.3 Å². The van der Waals surface area contributed by atoms with Crippen LogP contribution in [0.3, 0.4) is 0 Å². The molecule has 2 nitrogen and oxygen atoms in total. The van der Waals surface area contributed by atoms with Crippen molar-refractivity contribution in [3.63, 3.8) is 0 Å². The number of halogens is 3. The van der Waals surface area contributed by atoms with Crippen molar-refractivity contribution < 1.29 is 0 Å². The lowest BCUT2D eigenvalue weighted by molar-refractivity contribution is 0.545. The second-order valence-electron chi connectivity index (χ2n) is 7.60. The van der Waals surface area contributed by atoms with E-state index in [0.29, 0.717) is 6.54 Å². The summed E-state index contributed by atoms with van der Waals surface area (Å²) in [6, 6.07) is 24.1. The number of aromatic amines is 1. The Bertz CT molecular complexity index is 1150. The van der Waals surface area contributed by atoms with Gasteiger partial charge in [-0.2, -0.15) is 0 Å². The normalized spacial score (nSPS) is 13.0. The molecule has 3 aromatic carbocycles. The van der Waals surface area contributed by atoms with E-state index < -0.39 is 9.83 Å². The standard InChI is InChI=1S/C25H23Cl3N2/c1-16-13-20-21(14-17(16)2)30-23(19-11-7-4-8-12-19)22(20)24(25(26,27)28)29-15-18-9-5-3-6-10-18/h3-14,24,29-30H,15H2,1-2H3. The van der Waals surface area contributed by atoms with Crippen LogP contribution >= 0.6 is 34.8 Å². The lowest BCUT2D eigenvalue weighted by Crippen LogP contribution is -2.32. The maximum atomic E-state index is 6.54. The summed E-state index contributed by atoms with van der Waals surface area (Å²) in [5.41, 5.74) is 7.58. The molecule has 1 atom stereocenters. The lowest BCUT2D eigenvalue weighted by atomic mass is 9.97. The van der Waals surface area contributed by atoms with Gasteiger partial charge in [0.2, 0.25) is 3.79 Å². The number of benzene rings is 3. The molecule has 30 heavy (non-hydrogen) atoms. The Balaban J connectivity index is 1.89. The first-order valence-electron chi connectivity index (χ1n) is 9.87. The van der Waals surface area contributed by atoms with Crippen molar-refractivity contribution in [2.24, 2.45) is 0 Å². The maximum absolute atomic E-state index is 6.54. The summed E-state index contributed by atoms with van der Waals surface area (Å²) in [5.74, 6) is 0. The Morgan fingerprint density at radius 2 is 1.47 bits per heavy atom.